The van der Waals surface area contributed by atoms with Crippen molar-refractivity contribution in [3.8, 4) is 0 Å². The Balaban J connectivity index is 2.23. The second-order valence-corrected chi connectivity index (χ2v) is 6.83. The molecule has 1 aromatic carbocycles. The maximum atomic E-state index is 12.4. The molecule has 0 aliphatic heterocycles. The highest BCUT2D eigenvalue weighted by Crippen LogP contribution is 2.32. The third kappa shape index (κ3) is 3.72. The first-order valence-electron chi connectivity index (χ1n) is 6.64. The summed E-state index contributed by atoms with van der Waals surface area (Å²) >= 11 is 3.45. The first kappa shape index (κ1) is 14.4. The number of rotatable bonds is 2. The second-order valence-electron chi connectivity index (χ2n) is 5.91. The summed E-state index contributed by atoms with van der Waals surface area (Å²) < 4.78 is 6.49. The minimum atomic E-state index is -0.467. The van der Waals surface area contributed by atoms with Gasteiger partial charge >= 0.3 is 6.09 Å². The molecule has 1 saturated carbocycles. The van der Waals surface area contributed by atoms with Crippen molar-refractivity contribution in [2.45, 2.75) is 51.7 Å². The van der Waals surface area contributed by atoms with Crippen molar-refractivity contribution in [3.63, 3.8) is 0 Å². The molecule has 0 unspecified atom stereocenters. The predicted molar refractivity (Wildman–Crippen MR) is 80.5 cm³/mol. The van der Waals surface area contributed by atoms with Gasteiger partial charge in [-0.15, -0.1) is 0 Å². The average molecular weight is 326 g/mol. The van der Waals surface area contributed by atoms with Gasteiger partial charge in [-0.2, -0.15) is 0 Å². The number of halogens is 1. The van der Waals surface area contributed by atoms with Gasteiger partial charge in [0, 0.05) is 16.2 Å². The van der Waals surface area contributed by atoms with Gasteiger partial charge in [-0.05, 0) is 58.2 Å². The van der Waals surface area contributed by atoms with E-state index in [0.717, 1.165) is 23.0 Å². The van der Waals surface area contributed by atoms with Crippen LogP contribution in [0.15, 0.2) is 28.7 Å². The van der Waals surface area contributed by atoms with E-state index >= 15 is 0 Å². The van der Waals surface area contributed by atoms with Crippen LogP contribution < -0.4 is 4.90 Å². The number of hydrogen-bond acceptors (Lipinski definition) is 2. The lowest BCUT2D eigenvalue weighted by atomic mass is 9.91. The largest absolute Gasteiger partial charge is 0.443 e. The minimum Gasteiger partial charge on any atom is -0.443 e. The van der Waals surface area contributed by atoms with Crippen LogP contribution in [-0.4, -0.2) is 17.7 Å². The van der Waals surface area contributed by atoms with Gasteiger partial charge in [0.25, 0.3) is 0 Å². The van der Waals surface area contributed by atoms with Crippen molar-refractivity contribution in [3.05, 3.63) is 28.7 Å². The van der Waals surface area contributed by atoms with Crippen LogP contribution in [0.4, 0.5) is 10.5 Å². The molecule has 0 heterocycles. The maximum absolute atomic E-state index is 12.4. The Hall–Kier alpha value is -1.03. The summed E-state index contributed by atoms with van der Waals surface area (Å²) in [6.07, 6.45) is 3.02. The van der Waals surface area contributed by atoms with E-state index in [0.29, 0.717) is 0 Å². The molecule has 104 valence electrons. The van der Waals surface area contributed by atoms with E-state index in [-0.39, 0.29) is 12.1 Å². The Morgan fingerprint density at radius 1 is 1.37 bits per heavy atom. The zero-order valence-electron chi connectivity index (χ0n) is 11.6. The number of ether oxygens (including phenoxy) is 1. The Morgan fingerprint density at radius 2 is 2.05 bits per heavy atom. The minimum absolute atomic E-state index is 0.254. The summed E-state index contributed by atoms with van der Waals surface area (Å²) in [5.41, 5.74) is 0.429. The van der Waals surface area contributed by atoms with Gasteiger partial charge in [-0.3, -0.25) is 4.90 Å². The van der Waals surface area contributed by atoms with Gasteiger partial charge in [-0.1, -0.05) is 22.0 Å². The van der Waals surface area contributed by atoms with Gasteiger partial charge in [0.2, 0.25) is 0 Å². The molecule has 1 aromatic rings. The average Bonchev–Trinajstić information content (AvgIpc) is 2.20. The van der Waals surface area contributed by atoms with E-state index in [9.17, 15) is 4.79 Å². The summed E-state index contributed by atoms with van der Waals surface area (Å²) in [7, 11) is 0. The van der Waals surface area contributed by atoms with E-state index in [1.807, 2.05) is 45.0 Å². The summed E-state index contributed by atoms with van der Waals surface area (Å²) in [5.74, 6) is 0. The first-order chi connectivity index (χ1) is 8.87. The molecule has 2 rings (SSSR count). The topological polar surface area (TPSA) is 29.5 Å². The van der Waals surface area contributed by atoms with Crippen molar-refractivity contribution in [2.75, 3.05) is 4.90 Å². The van der Waals surface area contributed by atoms with E-state index < -0.39 is 5.60 Å². The zero-order chi connectivity index (χ0) is 14.0. The van der Waals surface area contributed by atoms with Crippen LogP contribution in [0.2, 0.25) is 0 Å². The highest BCUT2D eigenvalue weighted by atomic mass is 79.9. The van der Waals surface area contributed by atoms with Crippen LogP contribution in [0, 0.1) is 0 Å². The molecule has 0 saturated heterocycles. The molecule has 4 heteroatoms. The predicted octanol–water partition coefficient (Wildman–Crippen LogP) is 4.74. The third-order valence-corrected chi connectivity index (χ3v) is 3.61. The Labute approximate surface area is 123 Å². The molecule has 1 aliphatic carbocycles. The van der Waals surface area contributed by atoms with E-state index in [4.69, 9.17) is 4.74 Å². The lowest BCUT2D eigenvalue weighted by Gasteiger charge is -2.38. The monoisotopic (exact) mass is 325 g/mol. The van der Waals surface area contributed by atoms with Gasteiger partial charge in [0.15, 0.2) is 0 Å². The fraction of sp³-hybridized carbons (Fsp3) is 0.533. The number of benzene rings is 1. The Kier molecular flexibility index (Phi) is 4.19. The van der Waals surface area contributed by atoms with Crippen LogP contribution in [0.5, 0.6) is 0 Å². The number of carbonyl (C=O) groups is 1. The third-order valence-electron chi connectivity index (χ3n) is 3.12. The molecule has 0 spiro atoms. The van der Waals surface area contributed by atoms with E-state index in [1.165, 1.54) is 6.42 Å². The van der Waals surface area contributed by atoms with Gasteiger partial charge in [0.05, 0.1) is 0 Å². The zero-order valence-corrected chi connectivity index (χ0v) is 13.2. The highest BCUT2D eigenvalue weighted by molar-refractivity contribution is 9.10. The van der Waals surface area contributed by atoms with E-state index in [1.54, 1.807) is 4.90 Å². The van der Waals surface area contributed by atoms with Gasteiger partial charge in [-0.25, -0.2) is 4.79 Å². The van der Waals surface area contributed by atoms with Crippen LogP contribution in [0.25, 0.3) is 0 Å². The number of amides is 1. The second kappa shape index (κ2) is 5.53. The number of carbonyl (C=O) groups excluding carboxylic acids is 1. The lowest BCUT2D eigenvalue weighted by molar-refractivity contribution is 0.0549. The molecule has 1 amide bonds. The van der Waals surface area contributed by atoms with Gasteiger partial charge < -0.3 is 4.74 Å². The van der Waals surface area contributed by atoms with E-state index in [2.05, 4.69) is 15.9 Å². The summed E-state index contributed by atoms with van der Waals surface area (Å²) in [6, 6.07) is 8.08. The quantitative estimate of drug-likeness (QED) is 0.785. The maximum Gasteiger partial charge on any atom is 0.415 e. The molecular weight excluding hydrogens is 306 g/mol. The lowest BCUT2D eigenvalue weighted by Crippen LogP contribution is -2.46. The molecule has 1 aliphatic rings. The highest BCUT2D eigenvalue weighted by Gasteiger charge is 2.33. The molecular formula is C15H20BrNO2. The first-order valence-corrected chi connectivity index (χ1v) is 7.44. The van der Waals surface area contributed by atoms with Gasteiger partial charge in [0.1, 0.15) is 5.60 Å². The van der Waals surface area contributed by atoms with Crippen molar-refractivity contribution in [1.82, 2.24) is 0 Å². The fourth-order valence-electron chi connectivity index (χ4n) is 2.05. The normalized spacial score (nSPS) is 15.8. The van der Waals surface area contributed by atoms with Crippen LogP contribution in [-0.2, 0) is 4.74 Å². The fourth-order valence-corrected chi connectivity index (χ4v) is 2.43. The number of hydrogen-bond donors (Lipinski definition) is 0. The van der Waals surface area contributed by atoms with Crippen molar-refractivity contribution in [1.29, 1.82) is 0 Å². The standard InChI is InChI=1S/C15H20BrNO2/c1-15(2,3)19-14(18)17(12-7-5-8-12)13-9-4-6-11(16)10-13/h4,6,9-10,12H,5,7-8H2,1-3H3. The van der Waals surface area contributed by atoms with Crippen molar-refractivity contribution in [2.24, 2.45) is 0 Å². The number of nitrogens with zero attached hydrogens (tertiary/aromatic N) is 1. The molecule has 0 atom stereocenters. The van der Waals surface area contributed by atoms with Crippen LogP contribution in [0.3, 0.4) is 0 Å². The molecule has 3 nitrogen and oxygen atoms in total. The molecule has 0 radical (unpaired) electrons. The van der Waals surface area contributed by atoms with Crippen LogP contribution >= 0.6 is 15.9 Å². The Bertz CT molecular complexity index is 463. The Morgan fingerprint density at radius 3 is 2.53 bits per heavy atom. The smallest absolute Gasteiger partial charge is 0.415 e. The molecule has 1 fully saturated rings. The van der Waals surface area contributed by atoms with Crippen molar-refractivity contribution < 1.29 is 9.53 Å². The number of anilines is 1. The molecule has 0 bridgehead atoms. The molecule has 0 N–H and O–H groups in total. The summed E-state index contributed by atoms with van der Waals surface area (Å²) in [6.45, 7) is 5.68. The van der Waals surface area contributed by atoms with Crippen LogP contribution in [0.1, 0.15) is 40.0 Å². The summed E-state index contributed by atoms with van der Waals surface area (Å²) in [5, 5.41) is 0. The summed E-state index contributed by atoms with van der Waals surface area (Å²) in [4.78, 5) is 14.2. The SMILES string of the molecule is CC(C)(C)OC(=O)N(c1cccc(Br)c1)C1CCC1. The molecule has 19 heavy (non-hydrogen) atoms. The van der Waals surface area contributed by atoms with Crippen molar-refractivity contribution >= 4 is 27.7 Å². The molecule has 0 aromatic heterocycles.